The first-order valence-corrected chi connectivity index (χ1v) is 10.2. The van der Waals surface area contributed by atoms with Crippen LogP contribution in [-0.2, 0) is 19.1 Å². The molecule has 0 aromatic heterocycles. The number of hydrogen-bond donors (Lipinski definition) is 2. The van der Waals surface area contributed by atoms with Crippen molar-refractivity contribution in [1.29, 1.82) is 0 Å². The number of carbonyl (C=O) groups is 2. The molecule has 6 nitrogen and oxygen atoms in total. The summed E-state index contributed by atoms with van der Waals surface area (Å²) < 4.78 is 10.1. The fourth-order valence-corrected chi connectivity index (χ4v) is 2.54. The second kappa shape index (κ2) is 20.2. The van der Waals surface area contributed by atoms with Gasteiger partial charge >= 0.3 is 11.9 Å². The van der Waals surface area contributed by atoms with Crippen molar-refractivity contribution in [2.45, 2.75) is 89.9 Å². The van der Waals surface area contributed by atoms with Crippen molar-refractivity contribution in [3.05, 3.63) is 0 Å². The van der Waals surface area contributed by atoms with E-state index in [0.29, 0.717) is 38.9 Å². The van der Waals surface area contributed by atoms with Gasteiger partial charge in [0, 0.05) is 26.1 Å². The molecule has 0 heterocycles. The van der Waals surface area contributed by atoms with Crippen molar-refractivity contribution in [2.24, 2.45) is 0 Å². The molecule has 6 heteroatoms. The number of hydrogen-bond acceptors (Lipinski definition) is 6. The molecule has 0 unspecified atom stereocenters. The zero-order valence-corrected chi connectivity index (χ0v) is 16.3. The summed E-state index contributed by atoms with van der Waals surface area (Å²) in [5, 5.41) is 17.3. The lowest BCUT2D eigenvalue weighted by Crippen LogP contribution is -2.06. The SMILES string of the molecule is O=C(CCCCCCCCCCC(=O)OCCCCO)OCCCCO. The number of rotatable bonds is 19. The Morgan fingerprint density at radius 3 is 1.19 bits per heavy atom. The van der Waals surface area contributed by atoms with Crippen molar-refractivity contribution < 1.29 is 29.3 Å². The maximum Gasteiger partial charge on any atom is 0.305 e. The van der Waals surface area contributed by atoms with Crippen LogP contribution in [0.5, 0.6) is 0 Å². The molecule has 0 radical (unpaired) electrons. The molecule has 0 aromatic rings. The van der Waals surface area contributed by atoms with Gasteiger partial charge in [-0.1, -0.05) is 38.5 Å². The molecule has 2 N–H and O–H groups in total. The topological polar surface area (TPSA) is 93.1 Å². The second-order valence-corrected chi connectivity index (χ2v) is 6.63. The van der Waals surface area contributed by atoms with Gasteiger partial charge in [-0.3, -0.25) is 9.59 Å². The third-order valence-corrected chi connectivity index (χ3v) is 4.14. The molecule has 0 amide bonds. The Morgan fingerprint density at radius 2 is 0.846 bits per heavy atom. The van der Waals surface area contributed by atoms with Crippen molar-refractivity contribution in [2.75, 3.05) is 26.4 Å². The molecule has 26 heavy (non-hydrogen) atoms. The van der Waals surface area contributed by atoms with Crippen LogP contribution in [0.25, 0.3) is 0 Å². The van der Waals surface area contributed by atoms with E-state index < -0.39 is 0 Å². The molecular formula is C20H38O6. The summed E-state index contributed by atoms with van der Waals surface area (Å²) in [6, 6.07) is 0. The van der Waals surface area contributed by atoms with E-state index in [2.05, 4.69) is 0 Å². The van der Waals surface area contributed by atoms with Gasteiger partial charge in [-0.2, -0.15) is 0 Å². The number of ether oxygens (including phenoxy) is 2. The van der Waals surface area contributed by atoms with Gasteiger partial charge in [-0.25, -0.2) is 0 Å². The normalized spacial score (nSPS) is 10.7. The Hall–Kier alpha value is -1.14. The molecule has 0 aromatic carbocycles. The molecule has 154 valence electrons. The first-order valence-electron chi connectivity index (χ1n) is 10.2. The number of aliphatic hydroxyl groups excluding tert-OH is 2. The Kier molecular flexibility index (Phi) is 19.3. The van der Waals surface area contributed by atoms with Gasteiger partial charge in [0.25, 0.3) is 0 Å². The zero-order valence-electron chi connectivity index (χ0n) is 16.3. The fourth-order valence-electron chi connectivity index (χ4n) is 2.54. The van der Waals surface area contributed by atoms with Gasteiger partial charge in [-0.05, 0) is 38.5 Å². The monoisotopic (exact) mass is 374 g/mol. The van der Waals surface area contributed by atoms with Crippen molar-refractivity contribution in [3.63, 3.8) is 0 Å². The highest BCUT2D eigenvalue weighted by Gasteiger charge is 2.03. The van der Waals surface area contributed by atoms with Gasteiger partial charge in [0.15, 0.2) is 0 Å². The third kappa shape index (κ3) is 19.2. The van der Waals surface area contributed by atoms with Gasteiger partial charge in [0.05, 0.1) is 13.2 Å². The van der Waals surface area contributed by atoms with Crippen LogP contribution in [0.4, 0.5) is 0 Å². The van der Waals surface area contributed by atoms with Crippen LogP contribution in [0.15, 0.2) is 0 Å². The molecule has 0 fully saturated rings. The van der Waals surface area contributed by atoms with Crippen molar-refractivity contribution in [1.82, 2.24) is 0 Å². The van der Waals surface area contributed by atoms with Crippen LogP contribution in [0.2, 0.25) is 0 Å². The van der Waals surface area contributed by atoms with E-state index in [1.165, 1.54) is 0 Å². The number of carbonyl (C=O) groups excluding carboxylic acids is 2. The summed E-state index contributed by atoms with van der Waals surface area (Å²) in [5.41, 5.74) is 0. The van der Waals surface area contributed by atoms with Gasteiger partial charge in [0.2, 0.25) is 0 Å². The summed E-state index contributed by atoms with van der Waals surface area (Å²) in [7, 11) is 0. The van der Waals surface area contributed by atoms with Crippen LogP contribution < -0.4 is 0 Å². The predicted molar refractivity (Wildman–Crippen MR) is 101 cm³/mol. The fraction of sp³-hybridized carbons (Fsp3) is 0.900. The van der Waals surface area contributed by atoms with Crippen molar-refractivity contribution >= 4 is 11.9 Å². The molecular weight excluding hydrogens is 336 g/mol. The van der Waals surface area contributed by atoms with E-state index >= 15 is 0 Å². The molecule has 0 atom stereocenters. The maximum absolute atomic E-state index is 11.4. The predicted octanol–water partition coefficient (Wildman–Crippen LogP) is 3.52. The van der Waals surface area contributed by atoms with Crippen LogP contribution in [0.1, 0.15) is 89.9 Å². The van der Waals surface area contributed by atoms with Crippen molar-refractivity contribution in [3.8, 4) is 0 Å². The van der Waals surface area contributed by atoms with Gasteiger partial charge in [0.1, 0.15) is 0 Å². The Balaban J connectivity index is 3.21. The summed E-state index contributed by atoms with van der Waals surface area (Å²) in [5.74, 6) is -0.266. The molecule has 0 aliphatic heterocycles. The lowest BCUT2D eigenvalue weighted by molar-refractivity contribution is -0.144. The highest BCUT2D eigenvalue weighted by molar-refractivity contribution is 5.69. The number of unbranched alkanes of at least 4 members (excludes halogenated alkanes) is 9. The van der Waals surface area contributed by atoms with E-state index in [1.807, 2.05) is 0 Å². The maximum atomic E-state index is 11.4. The lowest BCUT2D eigenvalue weighted by atomic mass is 10.1. The van der Waals surface area contributed by atoms with Gasteiger partial charge < -0.3 is 19.7 Å². The van der Waals surface area contributed by atoms with Crippen LogP contribution >= 0.6 is 0 Å². The Labute approximate surface area is 158 Å². The summed E-state index contributed by atoms with van der Waals surface area (Å²) in [6.07, 6.45) is 12.2. The quantitative estimate of drug-likeness (QED) is 0.265. The average Bonchev–Trinajstić information content (AvgIpc) is 2.64. The standard InChI is InChI=1S/C20H38O6/c21-15-9-11-17-25-19(23)13-7-5-3-1-2-4-6-8-14-20(24)26-18-12-10-16-22/h21-22H,1-18H2. The Bertz CT molecular complexity index is 300. The minimum absolute atomic E-state index is 0.133. The first kappa shape index (κ1) is 24.9. The molecule has 0 saturated carbocycles. The van der Waals surface area contributed by atoms with E-state index in [1.54, 1.807) is 0 Å². The highest BCUT2D eigenvalue weighted by Crippen LogP contribution is 2.11. The Morgan fingerprint density at radius 1 is 0.500 bits per heavy atom. The van der Waals surface area contributed by atoms with E-state index in [4.69, 9.17) is 19.7 Å². The molecule has 0 saturated heterocycles. The lowest BCUT2D eigenvalue weighted by Gasteiger charge is -2.05. The zero-order chi connectivity index (χ0) is 19.3. The third-order valence-electron chi connectivity index (χ3n) is 4.14. The molecule has 0 aliphatic carbocycles. The van der Waals surface area contributed by atoms with Gasteiger partial charge in [-0.15, -0.1) is 0 Å². The highest BCUT2D eigenvalue weighted by atomic mass is 16.5. The minimum Gasteiger partial charge on any atom is -0.466 e. The van der Waals surface area contributed by atoms with E-state index in [-0.39, 0.29) is 25.2 Å². The molecule has 0 aliphatic rings. The van der Waals surface area contributed by atoms with Crippen LogP contribution in [0.3, 0.4) is 0 Å². The summed E-state index contributed by atoms with van der Waals surface area (Å²) in [6.45, 7) is 1.12. The second-order valence-electron chi connectivity index (χ2n) is 6.63. The minimum atomic E-state index is -0.133. The summed E-state index contributed by atoms with van der Waals surface area (Å²) in [4.78, 5) is 22.9. The molecule has 0 spiro atoms. The first-order chi connectivity index (χ1) is 12.7. The summed E-state index contributed by atoms with van der Waals surface area (Å²) >= 11 is 0. The smallest absolute Gasteiger partial charge is 0.305 e. The van der Waals surface area contributed by atoms with Crippen LogP contribution in [0, 0.1) is 0 Å². The number of esters is 2. The van der Waals surface area contributed by atoms with E-state index in [9.17, 15) is 9.59 Å². The average molecular weight is 375 g/mol. The largest absolute Gasteiger partial charge is 0.466 e. The number of aliphatic hydroxyl groups is 2. The molecule has 0 rings (SSSR count). The van der Waals surface area contributed by atoms with E-state index in [0.717, 1.165) is 64.2 Å². The molecule has 0 bridgehead atoms. The van der Waals surface area contributed by atoms with Crippen LogP contribution in [-0.4, -0.2) is 48.6 Å².